The van der Waals surface area contributed by atoms with Gasteiger partial charge in [-0.1, -0.05) is 22.0 Å². The summed E-state index contributed by atoms with van der Waals surface area (Å²) in [6.07, 6.45) is 1.78. The molecule has 0 heterocycles. The fraction of sp³-hybridized carbons (Fsp3) is 0.300. The van der Waals surface area contributed by atoms with Gasteiger partial charge in [0.25, 0.3) is 0 Å². The molecule has 68 valence electrons. The Morgan fingerprint density at radius 1 is 1.46 bits per heavy atom. The predicted octanol–water partition coefficient (Wildman–Crippen LogP) is 3.50. The van der Waals surface area contributed by atoms with E-state index in [1.54, 1.807) is 0 Å². The number of Topliss-reactive ketones (excluding diaryl/α,β-unsaturated/α-hetero) is 1. The molecule has 0 spiro atoms. The number of benzene rings is 1. The molecule has 0 N–H and O–H groups in total. The van der Waals surface area contributed by atoms with E-state index in [1.165, 1.54) is 9.13 Å². The van der Waals surface area contributed by atoms with Crippen LogP contribution in [0.4, 0.5) is 0 Å². The molecule has 0 aromatic heterocycles. The van der Waals surface area contributed by atoms with Gasteiger partial charge in [0.15, 0.2) is 0 Å². The highest BCUT2D eigenvalue weighted by atomic mass is 127. The molecule has 2 rings (SSSR count). The summed E-state index contributed by atoms with van der Waals surface area (Å²) in [5, 5.41) is 0. The zero-order chi connectivity index (χ0) is 9.42. The first-order chi connectivity index (χ1) is 6.18. The van der Waals surface area contributed by atoms with Crippen molar-refractivity contribution in [1.29, 1.82) is 0 Å². The molecule has 1 aliphatic carbocycles. The van der Waals surface area contributed by atoms with E-state index in [1.807, 2.05) is 12.1 Å². The van der Waals surface area contributed by atoms with Gasteiger partial charge in [-0.3, -0.25) is 4.79 Å². The predicted molar refractivity (Wildman–Crippen MR) is 63.8 cm³/mol. The standard InChI is InChI=1S/C10H8BrIO/c11-6-1-2-7(9(12)5-6)8-3-4-10(8)13/h1-2,5,8H,3-4H2. The number of rotatable bonds is 1. The van der Waals surface area contributed by atoms with Crippen LogP contribution in [0, 0.1) is 3.57 Å². The summed E-state index contributed by atoms with van der Waals surface area (Å²) in [5.41, 5.74) is 1.19. The van der Waals surface area contributed by atoms with Gasteiger partial charge in [-0.05, 0) is 46.7 Å². The Morgan fingerprint density at radius 3 is 2.69 bits per heavy atom. The van der Waals surface area contributed by atoms with E-state index in [4.69, 9.17) is 0 Å². The molecule has 0 aliphatic heterocycles. The maximum atomic E-state index is 11.3. The lowest BCUT2D eigenvalue weighted by Crippen LogP contribution is -2.23. The maximum Gasteiger partial charge on any atom is 0.140 e. The molecule has 1 fully saturated rings. The first kappa shape index (κ1) is 9.65. The van der Waals surface area contributed by atoms with Crippen LogP contribution in [0.25, 0.3) is 0 Å². The Hall–Kier alpha value is 0.1000. The first-order valence-corrected chi connectivity index (χ1v) is 6.03. The van der Waals surface area contributed by atoms with Crippen LogP contribution in [-0.4, -0.2) is 5.78 Å². The van der Waals surface area contributed by atoms with Crippen molar-refractivity contribution in [1.82, 2.24) is 0 Å². The van der Waals surface area contributed by atoms with Gasteiger partial charge in [0.2, 0.25) is 0 Å². The summed E-state index contributed by atoms with van der Waals surface area (Å²) >= 11 is 5.70. The van der Waals surface area contributed by atoms with Gasteiger partial charge in [-0.25, -0.2) is 0 Å². The van der Waals surface area contributed by atoms with E-state index in [9.17, 15) is 4.79 Å². The highest BCUT2D eigenvalue weighted by Crippen LogP contribution is 2.36. The molecule has 13 heavy (non-hydrogen) atoms. The van der Waals surface area contributed by atoms with Gasteiger partial charge >= 0.3 is 0 Å². The number of hydrogen-bond donors (Lipinski definition) is 0. The third-order valence-electron chi connectivity index (χ3n) is 2.41. The molecule has 0 saturated heterocycles. The molecule has 1 aliphatic rings. The third kappa shape index (κ3) is 1.81. The summed E-state index contributed by atoms with van der Waals surface area (Å²) in [5.74, 6) is 0.570. The minimum Gasteiger partial charge on any atom is -0.299 e. The van der Waals surface area contributed by atoms with E-state index in [0.717, 1.165) is 17.3 Å². The average molecular weight is 351 g/mol. The summed E-state index contributed by atoms with van der Waals surface area (Å²) in [7, 11) is 0. The Balaban J connectivity index is 2.35. The average Bonchev–Trinajstić information content (AvgIpc) is 2.07. The van der Waals surface area contributed by atoms with Crippen molar-refractivity contribution in [3.05, 3.63) is 31.8 Å². The zero-order valence-corrected chi connectivity index (χ0v) is 10.6. The molecule has 0 radical (unpaired) electrons. The van der Waals surface area contributed by atoms with Crippen molar-refractivity contribution in [2.45, 2.75) is 18.8 Å². The van der Waals surface area contributed by atoms with E-state index < -0.39 is 0 Å². The lowest BCUT2D eigenvalue weighted by molar-refractivity contribution is -0.125. The van der Waals surface area contributed by atoms with Gasteiger partial charge in [0.1, 0.15) is 5.78 Å². The number of carbonyl (C=O) groups excluding carboxylic acids is 1. The van der Waals surface area contributed by atoms with Gasteiger partial charge < -0.3 is 0 Å². The molecule has 0 bridgehead atoms. The number of carbonyl (C=O) groups is 1. The highest BCUT2D eigenvalue weighted by molar-refractivity contribution is 14.1. The van der Waals surface area contributed by atoms with Crippen LogP contribution in [0.2, 0.25) is 0 Å². The zero-order valence-electron chi connectivity index (χ0n) is 6.89. The van der Waals surface area contributed by atoms with E-state index in [-0.39, 0.29) is 5.92 Å². The quantitative estimate of drug-likeness (QED) is 0.708. The van der Waals surface area contributed by atoms with Crippen LogP contribution < -0.4 is 0 Å². The number of halogens is 2. The Bertz CT molecular complexity index is 362. The summed E-state index contributed by atoms with van der Waals surface area (Å²) in [6.45, 7) is 0. The van der Waals surface area contributed by atoms with E-state index in [2.05, 4.69) is 44.6 Å². The van der Waals surface area contributed by atoms with Crippen LogP contribution in [0.15, 0.2) is 22.7 Å². The molecule has 1 unspecified atom stereocenters. The Kier molecular flexibility index (Phi) is 2.74. The molecule has 1 nitrogen and oxygen atoms in total. The lowest BCUT2D eigenvalue weighted by Gasteiger charge is -2.25. The highest BCUT2D eigenvalue weighted by Gasteiger charge is 2.30. The molecular weight excluding hydrogens is 343 g/mol. The Labute approximate surface area is 99.2 Å². The molecule has 1 aromatic carbocycles. The summed E-state index contributed by atoms with van der Waals surface area (Å²) < 4.78 is 2.26. The van der Waals surface area contributed by atoms with Crippen LogP contribution >= 0.6 is 38.5 Å². The van der Waals surface area contributed by atoms with Gasteiger partial charge in [-0.2, -0.15) is 0 Å². The molecule has 1 saturated carbocycles. The van der Waals surface area contributed by atoms with Crippen LogP contribution in [-0.2, 0) is 4.79 Å². The second kappa shape index (κ2) is 3.69. The van der Waals surface area contributed by atoms with Crippen molar-refractivity contribution in [3.8, 4) is 0 Å². The second-order valence-electron chi connectivity index (χ2n) is 3.22. The minimum absolute atomic E-state index is 0.181. The Morgan fingerprint density at radius 2 is 2.23 bits per heavy atom. The van der Waals surface area contributed by atoms with Gasteiger partial charge in [-0.15, -0.1) is 0 Å². The molecule has 1 atom stereocenters. The topological polar surface area (TPSA) is 17.1 Å². The normalized spacial score (nSPS) is 21.4. The lowest BCUT2D eigenvalue weighted by atomic mass is 9.79. The first-order valence-electron chi connectivity index (χ1n) is 4.16. The van der Waals surface area contributed by atoms with Crippen molar-refractivity contribution >= 4 is 44.3 Å². The SMILES string of the molecule is O=C1CCC1c1ccc(Br)cc1I. The van der Waals surface area contributed by atoms with E-state index >= 15 is 0 Å². The molecule has 3 heteroatoms. The second-order valence-corrected chi connectivity index (χ2v) is 5.30. The molecular formula is C10H8BrIO. The molecule has 1 aromatic rings. The fourth-order valence-electron chi connectivity index (χ4n) is 1.52. The van der Waals surface area contributed by atoms with Gasteiger partial charge in [0.05, 0.1) is 0 Å². The van der Waals surface area contributed by atoms with E-state index in [0.29, 0.717) is 5.78 Å². The van der Waals surface area contributed by atoms with Crippen molar-refractivity contribution < 1.29 is 4.79 Å². The minimum atomic E-state index is 0.181. The van der Waals surface area contributed by atoms with Crippen LogP contribution in [0.3, 0.4) is 0 Å². The fourth-order valence-corrected chi connectivity index (χ4v) is 3.20. The van der Waals surface area contributed by atoms with Crippen LogP contribution in [0.5, 0.6) is 0 Å². The number of hydrogen-bond acceptors (Lipinski definition) is 1. The monoisotopic (exact) mass is 350 g/mol. The van der Waals surface area contributed by atoms with Crippen molar-refractivity contribution in [2.24, 2.45) is 0 Å². The smallest absolute Gasteiger partial charge is 0.140 e. The van der Waals surface area contributed by atoms with Gasteiger partial charge in [0, 0.05) is 20.4 Å². The summed E-state index contributed by atoms with van der Waals surface area (Å²) in [6, 6.07) is 6.11. The molecule has 0 amide bonds. The van der Waals surface area contributed by atoms with Crippen molar-refractivity contribution in [2.75, 3.05) is 0 Å². The third-order valence-corrected chi connectivity index (χ3v) is 3.83. The van der Waals surface area contributed by atoms with Crippen molar-refractivity contribution in [3.63, 3.8) is 0 Å². The number of ketones is 1. The maximum absolute atomic E-state index is 11.3. The van der Waals surface area contributed by atoms with Crippen LogP contribution in [0.1, 0.15) is 24.3 Å². The largest absolute Gasteiger partial charge is 0.299 e. The summed E-state index contributed by atoms with van der Waals surface area (Å²) in [4.78, 5) is 11.3.